The summed E-state index contributed by atoms with van der Waals surface area (Å²) in [6.07, 6.45) is 4.20. The molecule has 0 saturated carbocycles. The molecule has 0 bridgehead atoms. The molecule has 0 aromatic rings. The van der Waals surface area contributed by atoms with Gasteiger partial charge in [-0.3, -0.25) is 0 Å². The molecule has 0 heterocycles. The summed E-state index contributed by atoms with van der Waals surface area (Å²) in [5.74, 6) is 1.34. The van der Waals surface area contributed by atoms with Crippen LogP contribution in [0.5, 0.6) is 0 Å². The highest BCUT2D eigenvalue weighted by molar-refractivity contribution is 7.83. The molecule has 3 atom stereocenters. The molecule has 0 aromatic carbocycles. The minimum absolute atomic E-state index is 0.279. The van der Waals surface area contributed by atoms with Crippen molar-refractivity contribution in [2.24, 2.45) is 17.8 Å². The zero-order valence-electron chi connectivity index (χ0n) is 8.49. The Morgan fingerprint density at radius 3 is 2.62 bits per heavy atom. The van der Waals surface area contributed by atoms with Crippen LogP contribution in [0.3, 0.4) is 0 Å². The third-order valence-electron chi connectivity index (χ3n) is 2.85. The van der Waals surface area contributed by atoms with Crippen molar-refractivity contribution in [2.75, 3.05) is 0 Å². The van der Waals surface area contributed by atoms with Gasteiger partial charge in [0, 0.05) is 4.91 Å². The van der Waals surface area contributed by atoms with Gasteiger partial charge < -0.3 is 4.55 Å². The normalized spacial score (nSPS) is 31.6. The topological polar surface area (TPSA) is 37.3 Å². The molecule has 0 radical (unpaired) electrons. The van der Waals surface area contributed by atoms with Crippen molar-refractivity contribution >= 4 is 11.1 Å². The first-order chi connectivity index (χ1) is 6.02. The van der Waals surface area contributed by atoms with E-state index in [4.69, 9.17) is 4.55 Å². The predicted octanol–water partition coefficient (Wildman–Crippen LogP) is 2.79. The molecule has 1 rings (SSSR count). The Balaban J connectivity index is 2.82. The smallest absolute Gasteiger partial charge is 0.182 e. The molecule has 76 valence electrons. The van der Waals surface area contributed by atoms with Gasteiger partial charge in [-0.1, -0.05) is 26.8 Å². The fourth-order valence-electron chi connectivity index (χ4n) is 1.80. The Kier molecular flexibility index (Phi) is 3.68. The molecule has 2 nitrogen and oxygen atoms in total. The van der Waals surface area contributed by atoms with Gasteiger partial charge in [0.15, 0.2) is 11.1 Å². The van der Waals surface area contributed by atoms with Crippen molar-refractivity contribution in [2.45, 2.75) is 33.6 Å². The lowest BCUT2D eigenvalue weighted by Gasteiger charge is -2.26. The van der Waals surface area contributed by atoms with Gasteiger partial charge in [-0.15, -0.1) is 0 Å². The van der Waals surface area contributed by atoms with Crippen LogP contribution in [0.4, 0.5) is 0 Å². The van der Waals surface area contributed by atoms with Crippen LogP contribution in [-0.2, 0) is 11.1 Å². The second-order valence-electron chi connectivity index (χ2n) is 4.20. The molecule has 1 N–H and O–H groups in total. The summed E-state index contributed by atoms with van der Waals surface area (Å²) in [4.78, 5) is 0.727. The van der Waals surface area contributed by atoms with Gasteiger partial charge >= 0.3 is 0 Å². The monoisotopic (exact) mass is 202 g/mol. The number of hydrogen-bond acceptors (Lipinski definition) is 1. The van der Waals surface area contributed by atoms with Gasteiger partial charge in [0.25, 0.3) is 0 Å². The van der Waals surface area contributed by atoms with Gasteiger partial charge in [0.2, 0.25) is 0 Å². The maximum Gasteiger partial charge on any atom is 0.182 e. The summed E-state index contributed by atoms with van der Waals surface area (Å²) >= 11 is -1.76. The van der Waals surface area contributed by atoms with E-state index in [-0.39, 0.29) is 5.92 Å². The lowest BCUT2D eigenvalue weighted by atomic mass is 9.83. The summed E-state index contributed by atoms with van der Waals surface area (Å²) in [7, 11) is 0. The van der Waals surface area contributed by atoms with Crippen molar-refractivity contribution in [3.8, 4) is 0 Å². The van der Waals surface area contributed by atoms with Crippen molar-refractivity contribution < 1.29 is 8.76 Å². The van der Waals surface area contributed by atoms with Gasteiger partial charge in [0.1, 0.15) is 0 Å². The van der Waals surface area contributed by atoms with E-state index in [9.17, 15) is 4.21 Å². The van der Waals surface area contributed by atoms with Crippen molar-refractivity contribution in [1.82, 2.24) is 0 Å². The molecular weight excluding hydrogens is 184 g/mol. The lowest BCUT2D eigenvalue weighted by molar-refractivity contribution is 0.377. The Morgan fingerprint density at radius 1 is 1.54 bits per heavy atom. The average molecular weight is 202 g/mol. The minimum atomic E-state index is -1.76. The molecule has 0 amide bonds. The Bertz CT molecular complexity index is 233. The largest absolute Gasteiger partial charge is 0.302 e. The molecule has 1 aliphatic rings. The summed E-state index contributed by atoms with van der Waals surface area (Å²) in [6, 6.07) is 0. The predicted molar refractivity (Wildman–Crippen MR) is 55.6 cm³/mol. The first-order valence-electron chi connectivity index (χ1n) is 4.85. The molecule has 1 aliphatic carbocycles. The van der Waals surface area contributed by atoms with Crippen LogP contribution in [0, 0.1) is 17.8 Å². The van der Waals surface area contributed by atoms with Crippen LogP contribution >= 0.6 is 0 Å². The van der Waals surface area contributed by atoms with Crippen LogP contribution < -0.4 is 0 Å². The first kappa shape index (κ1) is 10.9. The first-order valence-corrected chi connectivity index (χ1v) is 5.95. The summed E-state index contributed by atoms with van der Waals surface area (Å²) in [6.45, 7) is 6.35. The third-order valence-corrected chi connectivity index (χ3v) is 3.80. The molecule has 13 heavy (non-hydrogen) atoms. The van der Waals surface area contributed by atoms with Gasteiger partial charge in [-0.05, 0) is 30.6 Å². The maximum absolute atomic E-state index is 11.0. The molecule has 0 aliphatic heterocycles. The van der Waals surface area contributed by atoms with Crippen LogP contribution in [-0.4, -0.2) is 8.76 Å². The van der Waals surface area contributed by atoms with E-state index in [0.29, 0.717) is 11.8 Å². The quantitative estimate of drug-likeness (QED) is 0.699. The number of rotatable bonds is 2. The molecule has 0 saturated heterocycles. The molecule has 3 heteroatoms. The second-order valence-corrected chi connectivity index (χ2v) is 5.17. The van der Waals surface area contributed by atoms with Crippen molar-refractivity contribution in [1.29, 1.82) is 0 Å². The molecule has 0 aromatic heterocycles. The van der Waals surface area contributed by atoms with Crippen molar-refractivity contribution in [3.05, 3.63) is 11.0 Å². The van der Waals surface area contributed by atoms with Gasteiger partial charge in [-0.25, -0.2) is 4.21 Å². The molecule has 0 spiro atoms. The fraction of sp³-hybridized carbons (Fsp3) is 0.800. The van der Waals surface area contributed by atoms with Crippen LogP contribution in [0.2, 0.25) is 0 Å². The van der Waals surface area contributed by atoms with Gasteiger partial charge in [-0.2, -0.15) is 0 Å². The van der Waals surface area contributed by atoms with E-state index in [1.54, 1.807) is 0 Å². The molecular formula is C10H18O2S. The van der Waals surface area contributed by atoms with E-state index in [1.165, 1.54) is 0 Å². The van der Waals surface area contributed by atoms with Crippen molar-refractivity contribution in [3.63, 3.8) is 0 Å². The highest BCUT2D eigenvalue weighted by Gasteiger charge is 2.24. The standard InChI is InChI=1S/C10H18O2S/c1-7(2)9-5-4-8(3)10(6-9)13(11)12/h6-9H,4-5H2,1-3H3,(H,11,12). The van der Waals surface area contributed by atoms with E-state index < -0.39 is 11.1 Å². The highest BCUT2D eigenvalue weighted by Crippen LogP contribution is 2.33. The van der Waals surface area contributed by atoms with E-state index >= 15 is 0 Å². The maximum atomic E-state index is 11.0. The van der Waals surface area contributed by atoms with E-state index in [1.807, 2.05) is 13.0 Å². The molecule has 3 unspecified atom stereocenters. The highest BCUT2D eigenvalue weighted by atomic mass is 32.2. The van der Waals surface area contributed by atoms with Crippen LogP contribution in [0.25, 0.3) is 0 Å². The number of hydrogen-bond donors (Lipinski definition) is 1. The van der Waals surface area contributed by atoms with Crippen LogP contribution in [0.1, 0.15) is 33.6 Å². The molecule has 0 fully saturated rings. The number of allylic oxidation sites excluding steroid dienone is 2. The summed E-state index contributed by atoms with van der Waals surface area (Å²) in [5.41, 5.74) is 0. The van der Waals surface area contributed by atoms with E-state index in [2.05, 4.69) is 13.8 Å². The second kappa shape index (κ2) is 4.38. The Hall–Kier alpha value is -0.150. The SMILES string of the molecule is CC1CCC(C(C)C)C=C1S(=O)O. The van der Waals surface area contributed by atoms with Crippen LogP contribution in [0.15, 0.2) is 11.0 Å². The minimum Gasteiger partial charge on any atom is -0.302 e. The Labute approximate surface area is 82.7 Å². The lowest BCUT2D eigenvalue weighted by Crippen LogP contribution is -2.18. The average Bonchev–Trinajstić information content (AvgIpc) is 2.04. The zero-order chi connectivity index (χ0) is 10.0. The Morgan fingerprint density at radius 2 is 2.15 bits per heavy atom. The third kappa shape index (κ3) is 2.64. The van der Waals surface area contributed by atoms with E-state index in [0.717, 1.165) is 17.7 Å². The summed E-state index contributed by atoms with van der Waals surface area (Å²) in [5, 5.41) is 0. The summed E-state index contributed by atoms with van der Waals surface area (Å²) < 4.78 is 20.0. The zero-order valence-corrected chi connectivity index (χ0v) is 9.30. The van der Waals surface area contributed by atoms with Gasteiger partial charge in [0.05, 0.1) is 0 Å². The fourth-order valence-corrected chi connectivity index (χ4v) is 2.55.